The molecule has 0 aromatic heterocycles. The van der Waals surface area contributed by atoms with Gasteiger partial charge in [0.2, 0.25) is 0 Å². The van der Waals surface area contributed by atoms with E-state index in [9.17, 15) is 18.8 Å². The number of hydrogen-bond acceptors (Lipinski definition) is 5. The van der Waals surface area contributed by atoms with Gasteiger partial charge < -0.3 is 9.57 Å². The van der Waals surface area contributed by atoms with Crippen molar-refractivity contribution in [3.63, 3.8) is 0 Å². The highest BCUT2D eigenvalue weighted by atomic mass is 19.1. The van der Waals surface area contributed by atoms with E-state index in [1.807, 2.05) is 0 Å². The number of hydrogen-bond donors (Lipinski definition) is 0. The fraction of sp³-hybridized carbons (Fsp3) is 0.167. The second-order valence-corrected chi connectivity index (χ2v) is 5.42. The van der Waals surface area contributed by atoms with Gasteiger partial charge in [0, 0.05) is 13.5 Å². The van der Waals surface area contributed by atoms with Crippen LogP contribution in [0.15, 0.2) is 48.5 Å². The van der Waals surface area contributed by atoms with Crippen molar-refractivity contribution in [3.05, 3.63) is 71.0 Å². The Balaban J connectivity index is 1.71. The lowest BCUT2D eigenvalue weighted by Crippen LogP contribution is -2.38. The highest BCUT2D eigenvalue weighted by Crippen LogP contribution is 2.23. The summed E-state index contributed by atoms with van der Waals surface area (Å²) in [6, 6.07) is 11.7. The van der Waals surface area contributed by atoms with Crippen LogP contribution in [0.3, 0.4) is 0 Å². The number of rotatable bonds is 5. The molecule has 25 heavy (non-hydrogen) atoms. The van der Waals surface area contributed by atoms with Crippen molar-refractivity contribution >= 4 is 17.8 Å². The van der Waals surface area contributed by atoms with Crippen LogP contribution in [0.25, 0.3) is 0 Å². The van der Waals surface area contributed by atoms with Crippen molar-refractivity contribution in [2.24, 2.45) is 0 Å². The van der Waals surface area contributed by atoms with Crippen molar-refractivity contribution < 1.29 is 28.3 Å². The lowest BCUT2D eigenvalue weighted by atomic mass is 10.1. The monoisotopic (exact) mass is 343 g/mol. The standard InChI is InChI=1S/C18H14FNO5/c1-24-15(10-11-6-8-12(19)9-7-11)18(23)25-20-16(21)13-4-2-3-5-14(13)17(20)22/h2-9,15H,10H2,1H3. The summed E-state index contributed by atoms with van der Waals surface area (Å²) in [4.78, 5) is 41.6. The van der Waals surface area contributed by atoms with Gasteiger partial charge in [0.1, 0.15) is 5.82 Å². The van der Waals surface area contributed by atoms with E-state index in [1.165, 1.54) is 43.5 Å². The van der Waals surface area contributed by atoms with E-state index >= 15 is 0 Å². The van der Waals surface area contributed by atoms with E-state index in [2.05, 4.69) is 0 Å². The van der Waals surface area contributed by atoms with Crippen molar-refractivity contribution in [3.8, 4) is 0 Å². The molecule has 2 amide bonds. The van der Waals surface area contributed by atoms with Crippen molar-refractivity contribution in [2.45, 2.75) is 12.5 Å². The van der Waals surface area contributed by atoms with Crippen LogP contribution >= 0.6 is 0 Å². The molecule has 3 rings (SSSR count). The number of imide groups is 1. The largest absolute Gasteiger partial charge is 0.369 e. The molecule has 1 heterocycles. The molecule has 0 bridgehead atoms. The van der Waals surface area contributed by atoms with E-state index in [0.717, 1.165) is 0 Å². The normalized spacial score (nSPS) is 14.4. The van der Waals surface area contributed by atoms with Crippen LogP contribution in [0, 0.1) is 5.82 Å². The Morgan fingerprint density at radius 2 is 1.60 bits per heavy atom. The van der Waals surface area contributed by atoms with Gasteiger partial charge in [-0.2, -0.15) is 0 Å². The number of fused-ring (bicyclic) bond motifs is 1. The number of carbonyl (C=O) groups excluding carboxylic acids is 3. The fourth-order valence-electron chi connectivity index (χ4n) is 2.50. The van der Waals surface area contributed by atoms with E-state index in [0.29, 0.717) is 10.6 Å². The maximum atomic E-state index is 12.9. The molecular formula is C18H14FNO5. The first kappa shape index (κ1) is 16.8. The van der Waals surface area contributed by atoms with E-state index in [4.69, 9.17) is 9.57 Å². The summed E-state index contributed by atoms with van der Waals surface area (Å²) in [5.74, 6) is -2.69. The highest BCUT2D eigenvalue weighted by molar-refractivity contribution is 6.20. The minimum atomic E-state index is -1.05. The zero-order valence-electron chi connectivity index (χ0n) is 13.3. The minimum Gasteiger partial charge on any atom is -0.369 e. The van der Waals surface area contributed by atoms with Gasteiger partial charge in [0.15, 0.2) is 6.10 Å². The van der Waals surface area contributed by atoms with Crippen LogP contribution in [-0.2, 0) is 20.8 Å². The third-order valence-corrected chi connectivity index (χ3v) is 3.82. The Bertz CT molecular complexity index is 799. The predicted octanol–water partition coefficient (Wildman–Crippen LogP) is 2.14. The summed E-state index contributed by atoms with van der Waals surface area (Å²) >= 11 is 0. The van der Waals surface area contributed by atoms with Gasteiger partial charge in [0.25, 0.3) is 11.8 Å². The van der Waals surface area contributed by atoms with E-state index < -0.39 is 29.7 Å². The molecular weight excluding hydrogens is 329 g/mol. The summed E-state index contributed by atoms with van der Waals surface area (Å²) in [6.07, 6.45) is -0.937. The quantitative estimate of drug-likeness (QED) is 0.778. The van der Waals surface area contributed by atoms with Gasteiger partial charge in [-0.15, -0.1) is 0 Å². The number of nitrogens with zero attached hydrogens (tertiary/aromatic N) is 1. The van der Waals surface area contributed by atoms with Crippen LogP contribution in [0.2, 0.25) is 0 Å². The molecule has 128 valence electrons. The molecule has 7 heteroatoms. The number of hydroxylamine groups is 2. The number of halogens is 1. The molecule has 0 aliphatic carbocycles. The Kier molecular flexibility index (Phi) is 4.58. The zero-order valence-corrected chi connectivity index (χ0v) is 13.3. The van der Waals surface area contributed by atoms with Gasteiger partial charge >= 0.3 is 5.97 Å². The number of benzene rings is 2. The number of methoxy groups -OCH3 is 1. The fourth-order valence-corrected chi connectivity index (χ4v) is 2.50. The molecule has 6 nitrogen and oxygen atoms in total. The molecule has 0 spiro atoms. The first-order valence-corrected chi connectivity index (χ1v) is 7.48. The second-order valence-electron chi connectivity index (χ2n) is 5.42. The number of carbonyl (C=O) groups is 3. The average molecular weight is 343 g/mol. The van der Waals surface area contributed by atoms with Crippen molar-refractivity contribution in [1.82, 2.24) is 5.06 Å². The molecule has 2 aromatic carbocycles. The molecule has 1 aliphatic rings. The van der Waals surface area contributed by atoms with Gasteiger partial charge in [-0.1, -0.05) is 29.3 Å². The van der Waals surface area contributed by atoms with Gasteiger partial charge in [-0.25, -0.2) is 9.18 Å². The van der Waals surface area contributed by atoms with Crippen LogP contribution < -0.4 is 0 Å². The minimum absolute atomic E-state index is 0.110. The topological polar surface area (TPSA) is 72.9 Å². The predicted molar refractivity (Wildman–Crippen MR) is 83.9 cm³/mol. The zero-order chi connectivity index (χ0) is 18.0. The maximum Gasteiger partial charge on any atom is 0.361 e. The Hall–Kier alpha value is -3.06. The van der Waals surface area contributed by atoms with Crippen LogP contribution in [0.1, 0.15) is 26.3 Å². The summed E-state index contributed by atoms with van der Waals surface area (Å²) < 4.78 is 18.0. The molecule has 0 saturated heterocycles. The molecule has 2 aromatic rings. The lowest BCUT2D eigenvalue weighted by Gasteiger charge is -2.18. The summed E-state index contributed by atoms with van der Waals surface area (Å²) in [6.45, 7) is 0. The summed E-state index contributed by atoms with van der Waals surface area (Å²) in [5.41, 5.74) is 0.994. The highest BCUT2D eigenvalue weighted by Gasteiger charge is 2.39. The number of amides is 2. The Labute approximate surface area is 142 Å². The Morgan fingerprint density at radius 3 is 2.12 bits per heavy atom. The second kappa shape index (κ2) is 6.82. The van der Waals surface area contributed by atoms with Crippen molar-refractivity contribution in [1.29, 1.82) is 0 Å². The smallest absolute Gasteiger partial charge is 0.361 e. The Morgan fingerprint density at radius 1 is 1.04 bits per heavy atom. The molecule has 1 atom stereocenters. The number of ether oxygens (including phenoxy) is 1. The van der Waals surface area contributed by atoms with Gasteiger partial charge in [-0.05, 0) is 29.8 Å². The molecule has 0 N–H and O–H groups in total. The molecule has 1 aliphatic heterocycles. The average Bonchev–Trinajstić information content (AvgIpc) is 2.86. The van der Waals surface area contributed by atoms with Gasteiger partial charge in [0.05, 0.1) is 11.1 Å². The maximum absolute atomic E-state index is 12.9. The van der Waals surface area contributed by atoms with Crippen LogP contribution in [0.4, 0.5) is 4.39 Å². The molecule has 1 unspecified atom stereocenters. The third kappa shape index (κ3) is 3.27. The van der Waals surface area contributed by atoms with E-state index in [1.54, 1.807) is 12.1 Å². The van der Waals surface area contributed by atoms with E-state index in [-0.39, 0.29) is 17.5 Å². The lowest BCUT2D eigenvalue weighted by molar-refractivity contribution is -0.180. The first-order valence-electron chi connectivity index (χ1n) is 7.48. The van der Waals surface area contributed by atoms with Gasteiger partial charge in [-0.3, -0.25) is 9.59 Å². The third-order valence-electron chi connectivity index (χ3n) is 3.82. The summed E-state index contributed by atoms with van der Waals surface area (Å²) in [5, 5.41) is 0.434. The SMILES string of the molecule is COC(Cc1ccc(F)cc1)C(=O)ON1C(=O)c2ccccc2C1=O. The molecule has 0 saturated carbocycles. The van der Waals surface area contributed by atoms with Crippen molar-refractivity contribution in [2.75, 3.05) is 7.11 Å². The first-order chi connectivity index (χ1) is 12.0. The summed E-state index contributed by atoms with van der Waals surface area (Å²) in [7, 11) is 1.30. The molecule has 0 radical (unpaired) electrons. The molecule has 0 fully saturated rings. The van der Waals surface area contributed by atoms with Crippen LogP contribution in [-0.4, -0.2) is 36.1 Å². The van der Waals surface area contributed by atoms with Crippen LogP contribution in [0.5, 0.6) is 0 Å².